The molecule has 26 heavy (non-hydrogen) atoms. The molecule has 0 radical (unpaired) electrons. The first-order chi connectivity index (χ1) is 12.6. The topological polar surface area (TPSA) is 45.2 Å². The molecule has 1 amide bonds. The maximum Gasteiger partial charge on any atom is 0.223 e. The highest BCUT2D eigenvalue weighted by Gasteiger charge is 2.28. The van der Waals surface area contributed by atoms with E-state index in [0.717, 1.165) is 37.1 Å². The van der Waals surface area contributed by atoms with Crippen LogP contribution in [0.15, 0.2) is 48.8 Å². The SMILES string of the molecule is Cc1ccccc1C(NC(=O)C1CCN(C(C)C)CC1)c1ccncc1. The molecule has 1 saturated heterocycles. The molecule has 2 heterocycles. The van der Waals surface area contributed by atoms with Gasteiger partial charge in [-0.1, -0.05) is 24.3 Å². The van der Waals surface area contributed by atoms with E-state index in [1.165, 1.54) is 5.56 Å². The summed E-state index contributed by atoms with van der Waals surface area (Å²) in [6.45, 7) is 8.53. The van der Waals surface area contributed by atoms with Gasteiger partial charge in [0.15, 0.2) is 0 Å². The normalized spacial score (nSPS) is 17.2. The summed E-state index contributed by atoms with van der Waals surface area (Å²) < 4.78 is 0. The minimum atomic E-state index is -0.130. The maximum absolute atomic E-state index is 13.0. The molecule has 4 heteroatoms. The van der Waals surface area contributed by atoms with Gasteiger partial charge in [0, 0.05) is 24.4 Å². The van der Waals surface area contributed by atoms with Crippen LogP contribution in [0.5, 0.6) is 0 Å². The third kappa shape index (κ3) is 4.31. The fourth-order valence-corrected chi connectivity index (χ4v) is 3.75. The second-order valence-corrected chi connectivity index (χ2v) is 7.48. The van der Waals surface area contributed by atoms with Gasteiger partial charge in [-0.3, -0.25) is 9.78 Å². The monoisotopic (exact) mass is 351 g/mol. The molecule has 1 atom stereocenters. The van der Waals surface area contributed by atoms with E-state index < -0.39 is 0 Å². The van der Waals surface area contributed by atoms with Gasteiger partial charge in [-0.25, -0.2) is 0 Å². The lowest BCUT2D eigenvalue weighted by atomic mass is 9.92. The van der Waals surface area contributed by atoms with Crippen molar-refractivity contribution in [2.24, 2.45) is 5.92 Å². The van der Waals surface area contributed by atoms with E-state index in [2.05, 4.69) is 48.1 Å². The molecule has 1 aromatic carbocycles. The number of rotatable bonds is 5. The van der Waals surface area contributed by atoms with E-state index in [9.17, 15) is 4.79 Å². The van der Waals surface area contributed by atoms with Crippen molar-refractivity contribution in [1.29, 1.82) is 0 Å². The highest BCUT2D eigenvalue weighted by Crippen LogP contribution is 2.26. The van der Waals surface area contributed by atoms with Crippen molar-refractivity contribution in [3.05, 3.63) is 65.5 Å². The van der Waals surface area contributed by atoms with E-state index in [-0.39, 0.29) is 17.9 Å². The molecule has 1 unspecified atom stereocenters. The van der Waals surface area contributed by atoms with Gasteiger partial charge in [0.25, 0.3) is 0 Å². The van der Waals surface area contributed by atoms with E-state index >= 15 is 0 Å². The summed E-state index contributed by atoms with van der Waals surface area (Å²) in [4.78, 5) is 19.6. The highest BCUT2D eigenvalue weighted by molar-refractivity contribution is 5.79. The predicted octanol–water partition coefficient (Wildman–Crippen LogP) is 3.72. The van der Waals surface area contributed by atoms with Crippen LogP contribution in [0.4, 0.5) is 0 Å². The first-order valence-electron chi connectivity index (χ1n) is 9.56. The van der Waals surface area contributed by atoms with Crippen molar-refractivity contribution in [2.75, 3.05) is 13.1 Å². The first-order valence-corrected chi connectivity index (χ1v) is 9.56. The fourth-order valence-electron chi connectivity index (χ4n) is 3.75. The Morgan fingerprint density at radius 3 is 2.38 bits per heavy atom. The minimum absolute atomic E-state index is 0.0957. The molecule has 138 valence electrons. The van der Waals surface area contributed by atoms with Crippen molar-refractivity contribution in [1.82, 2.24) is 15.2 Å². The van der Waals surface area contributed by atoms with Gasteiger partial charge in [0.1, 0.15) is 0 Å². The quantitative estimate of drug-likeness (QED) is 0.893. The number of aromatic nitrogens is 1. The number of likely N-dealkylation sites (tertiary alicyclic amines) is 1. The summed E-state index contributed by atoms with van der Waals surface area (Å²) in [5, 5.41) is 3.32. The number of carbonyl (C=O) groups is 1. The van der Waals surface area contributed by atoms with Crippen LogP contribution in [0.3, 0.4) is 0 Å². The zero-order valence-corrected chi connectivity index (χ0v) is 16.0. The Morgan fingerprint density at radius 1 is 1.12 bits per heavy atom. The second kappa shape index (κ2) is 8.45. The molecular weight excluding hydrogens is 322 g/mol. The second-order valence-electron chi connectivity index (χ2n) is 7.48. The standard InChI is InChI=1S/C22H29N3O/c1-16(2)25-14-10-19(11-15-25)22(26)24-21(18-8-12-23-13-9-18)20-7-5-4-6-17(20)3/h4-9,12-13,16,19,21H,10-11,14-15H2,1-3H3,(H,24,26). The number of hydrogen-bond donors (Lipinski definition) is 1. The van der Waals surface area contributed by atoms with Gasteiger partial charge >= 0.3 is 0 Å². The molecule has 0 bridgehead atoms. The van der Waals surface area contributed by atoms with Gasteiger partial charge in [-0.05, 0) is 75.5 Å². The molecule has 1 aliphatic rings. The lowest BCUT2D eigenvalue weighted by molar-refractivity contribution is -0.127. The van der Waals surface area contributed by atoms with Crippen LogP contribution >= 0.6 is 0 Å². The van der Waals surface area contributed by atoms with Gasteiger partial charge in [0.05, 0.1) is 6.04 Å². The molecule has 0 saturated carbocycles. The van der Waals surface area contributed by atoms with Crippen LogP contribution < -0.4 is 5.32 Å². The molecule has 2 aromatic rings. The number of nitrogens with one attached hydrogen (secondary N) is 1. The van der Waals surface area contributed by atoms with Crippen molar-refractivity contribution in [3.63, 3.8) is 0 Å². The van der Waals surface area contributed by atoms with Gasteiger partial charge in [-0.15, -0.1) is 0 Å². The van der Waals surface area contributed by atoms with E-state index in [1.54, 1.807) is 12.4 Å². The molecule has 1 fully saturated rings. The smallest absolute Gasteiger partial charge is 0.223 e. The number of piperidine rings is 1. The summed E-state index contributed by atoms with van der Waals surface area (Å²) in [7, 11) is 0. The number of hydrogen-bond acceptors (Lipinski definition) is 3. The number of carbonyl (C=O) groups excluding carboxylic acids is 1. The Morgan fingerprint density at radius 2 is 1.77 bits per heavy atom. The summed E-state index contributed by atoms with van der Waals surface area (Å²) in [6, 6.07) is 12.6. The van der Waals surface area contributed by atoms with Crippen LogP contribution in [0.1, 0.15) is 49.4 Å². The van der Waals surface area contributed by atoms with Crippen LogP contribution in [0.25, 0.3) is 0 Å². The van der Waals surface area contributed by atoms with Crippen LogP contribution in [-0.4, -0.2) is 34.9 Å². The molecule has 1 N–H and O–H groups in total. The number of pyridine rings is 1. The minimum Gasteiger partial charge on any atom is -0.345 e. The lowest BCUT2D eigenvalue weighted by Gasteiger charge is -2.34. The number of aryl methyl sites for hydroxylation is 1. The Hall–Kier alpha value is -2.20. The van der Waals surface area contributed by atoms with Crippen molar-refractivity contribution in [3.8, 4) is 0 Å². The molecular formula is C22H29N3O. The summed E-state index contributed by atoms with van der Waals surface area (Å²) in [6.07, 6.45) is 5.43. The van der Waals surface area contributed by atoms with E-state index in [0.29, 0.717) is 6.04 Å². The zero-order valence-electron chi connectivity index (χ0n) is 16.0. The Bertz CT molecular complexity index is 721. The van der Waals surface area contributed by atoms with Crippen LogP contribution in [0.2, 0.25) is 0 Å². The number of benzene rings is 1. The molecule has 1 aliphatic heterocycles. The van der Waals surface area contributed by atoms with Crippen molar-refractivity contribution in [2.45, 2.75) is 45.7 Å². The summed E-state index contributed by atoms with van der Waals surface area (Å²) in [5.74, 6) is 0.261. The largest absolute Gasteiger partial charge is 0.345 e. The van der Waals surface area contributed by atoms with Crippen LogP contribution in [0, 0.1) is 12.8 Å². The van der Waals surface area contributed by atoms with E-state index in [4.69, 9.17) is 0 Å². The average Bonchev–Trinajstić information content (AvgIpc) is 2.67. The predicted molar refractivity (Wildman–Crippen MR) is 105 cm³/mol. The highest BCUT2D eigenvalue weighted by atomic mass is 16.1. The van der Waals surface area contributed by atoms with Crippen molar-refractivity contribution >= 4 is 5.91 Å². The molecule has 0 spiro atoms. The van der Waals surface area contributed by atoms with Gasteiger partial charge < -0.3 is 10.2 Å². The number of nitrogens with zero attached hydrogens (tertiary/aromatic N) is 2. The van der Waals surface area contributed by atoms with Gasteiger partial charge in [-0.2, -0.15) is 0 Å². The zero-order chi connectivity index (χ0) is 18.5. The van der Waals surface area contributed by atoms with E-state index in [1.807, 2.05) is 24.3 Å². The molecule has 4 nitrogen and oxygen atoms in total. The number of amides is 1. The average molecular weight is 351 g/mol. The van der Waals surface area contributed by atoms with Crippen LogP contribution in [-0.2, 0) is 4.79 Å². The Labute approximate surface area is 156 Å². The lowest BCUT2D eigenvalue weighted by Crippen LogP contribution is -2.44. The molecule has 3 rings (SSSR count). The third-order valence-corrected chi connectivity index (χ3v) is 5.46. The summed E-state index contributed by atoms with van der Waals surface area (Å²) >= 11 is 0. The Balaban J connectivity index is 1.77. The molecule has 1 aromatic heterocycles. The maximum atomic E-state index is 13.0. The molecule has 0 aliphatic carbocycles. The first kappa shape index (κ1) is 18.6. The Kier molecular flexibility index (Phi) is 6.04. The summed E-state index contributed by atoms with van der Waals surface area (Å²) in [5.41, 5.74) is 3.40. The van der Waals surface area contributed by atoms with Gasteiger partial charge in [0.2, 0.25) is 5.91 Å². The fraction of sp³-hybridized carbons (Fsp3) is 0.455. The third-order valence-electron chi connectivity index (χ3n) is 5.46. The van der Waals surface area contributed by atoms with Crippen molar-refractivity contribution < 1.29 is 4.79 Å².